The van der Waals surface area contributed by atoms with Crippen LogP contribution < -0.4 is 20.1 Å². The molecular formula is C17H27ClN2O3. The lowest BCUT2D eigenvalue weighted by Gasteiger charge is -2.23. The van der Waals surface area contributed by atoms with Crippen molar-refractivity contribution in [3.05, 3.63) is 23.8 Å². The fraction of sp³-hybridized carbons (Fsp3) is 0.588. The maximum Gasteiger partial charge on any atom is 0.251 e. The van der Waals surface area contributed by atoms with Crippen LogP contribution in [0.15, 0.2) is 18.2 Å². The van der Waals surface area contributed by atoms with E-state index in [9.17, 15) is 4.79 Å². The summed E-state index contributed by atoms with van der Waals surface area (Å²) in [7, 11) is 1.58. The summed E-state index contributed by atoms with van der Waals surface area (Å²) in [6, 6.07) is 5.29. The van der Waals surface area contributed by atoms with Crippen LogP contribution in [0.25, 0.3) is 0 Å². The van der Waals surface area contributed by atoms with E-state index < -0.39 is 0 Å². The van der Waals surface area contributed by atoms with Gasteiger partial charge in [-0.15, -0.1) is 12.4 Å². The van der Waals surface area contributed by atoms with E-state index in [4.69, 9.17) is 9.47 Å². The SMILES string of the molecule is COc1cc(C(=O)NCC2CCCNC2)ccc1OC(C)C.Cl. The molecular weight excluding hydrogens is 316 g/mol. The van der Waals surface area contributed by atoms with Crippen LogP contribution >= 0.6 is 12.4 Å². The van der Waals surface area contributed by atoms with Crippen LogP contribution in [0.2, 0.25) is 0 Å². The highest BCUT2D eigenvalue weighted by molar-refractivity contribution is 5.94. The van der Waals surface area contributed by atoms with Crippen LogP contribution in [0.3, 0.4) is 0 Å². The van der Waals surface area contributed by atoms with Crippen molar-refractivity contribution in [3.63, 3.8) is 0 Å². The molecule has 1 aromatic rings. The molecule has 1 heterocycles. The second-order valence-corrected chi connectivity index (χ2v) is 5.95. The van der Waals surface area contributed by atoms with E-state index in [0.29, 0.717) is 29.5 Å². The first-order valence-electron chi connectivity index (χ1n) is 7.93. The zero-order valence-electron chi connectivity index (χ0n) is 14.1. The molecule has 0 bridgehead atoms. The third kappa shape index (κ3) is 5.92. The molecule has 1 unspecified atom stereocenters. The van der Waals surface area contributed by atoms with E-state index in [1.165, 1.54) is 6.42 Å². The number of rotatable bonds is 6. The van der Waals surface area contributed by atoms with Crippen molar-refractivity contribution in [1.29, 1.82) is 0 Å². The van der Waals surface area contributed by atoms with Crippen molar-refractivity contribution in [2.45, 2.75) is 32.8 Å². The average molecular weight is 343 g/mol. The normalized spacial score (nSPS) is 17.3. The first kappa shape index (κ1) is 19.6. The van der Waals surface area contributed by atoms with Gasteiger partial charge >= 0.3 is 0 Å². The van der Waals surface area contributed by atoms with Gasteiger partial charge < -0.3 is 20.1 Å². The molecule has 1 amide bonds. The number of carbonyl (C=O) groups excluding carboxylic acids is 1. The van der Waals surface area contributed by atoms with Crippen molar-refractivity contribution in [3.8, 4) is 11.5 Å². The highest BCUT2D eigenvalue weighted by Gasteiger charge is 2.16. The van der Waals surface area contributed by atoms with Crippen LogP contribution in [0.4, 0.5) is 0 Å². The molecule has 0 spiro atoms. The predicted molar refractivity (Wildman–Crippen MR) is 93.9 cm³/mol. The number of halogens is 1. The van der Waals surface area contributed by atoms with Crippen LogP contribution in [0.5, 0.6) is 11.5 Å². The van der Waals surface area contributed by atoms with Crippen molar-refractivity contribution in [2.75, 3.05) is 26.7 Å². The second-order valence-electron chi connectivity index (χ2n) is 5.95. The number of benzene rings is 1. The molecule has 1 aliphatic rings. The molecule has 5 nitrogen and oxygen atoms in total. The summed E-state index contributed by atoms with van der Waals surface area (Å²) in [6.45, 7) is 6.68. The number of ether oxygens (including phenoxy) is 2. The van der Waals surface area contributed by atoms with Crippen molar-refractivity contribution in [1.82, 2.24) is 10.6 Å². The Hall–Kier alpha value is -1.46. The third-order valence-corrected chi connectivity index (χ3v) is 3.74. The number of carbonyl (C=O) groups is 1. The minimum absolute atomic E-state index is 0. The van der Waals surface area contributed by atoms with Gasteiger partial charge in [0.2, 0.25) is 0 Å². The minimum atomic E-state index is -0.0695. The first-order valence-corrected chi connectivity index (χ1v) is 7.93. The van der Waals surface area contributed by atoms with Crippen LogP contribution in [0.1, 0.15) is 37.0 Å². The highest BCUT2D eigenvalue weighted by Crippen LogP contribution is 2.29. The largest absolute Gasteiger partial charge is 0.493 e. The van der Waals surface area contributed by atoms with Gasteiger partial charge in [-0.05, 0) is 63.9 Å². The molecule has 1 atom stereocenters. The number of piperidine rings is 1. The number of hydrogen-bond acceptors (Lipinski definition) is 4. The zero-order chi connectivity index (χ0) is 15.9. The molecule has 0 saturated carbocycles. The van der Waals surface area contributed by atoms with E-state index in [2.05, 4.69) is 10.6 Å². The Morgan fingerprint density at radius 2 is 2.17 bits per heavy atom. The monoisotopic (exact) mass is 342 g/mol. The van der Waals surface area contributed by atoms with E-state index >= 15 is 0 Å². The topological polar surface area (TPSA) is 59.6 Å². The fourth-order valence-corrected chi connectivity index (χ4v) is 2.60. The van der Waals surface area contributed by atoms with Crippen molar-refractivity contribution >= 4 is 18.3 Å². The molecule has 2 N–H and O–H groups in total. The Morgan fingerprint density at radius 3 is 2.78 bits per heavy atom. The molecule has 23 heavy (non-hydrogen) atoms. The van der Waals surface area contributed by atoms with Gasteiger partial charge in [-0.1, -0.05) is 0 Å². The summed E-state index contributed by atoms with van der Waals surface area (Å²) in [4.78, 5) is 12.3. The van der Waals surface area contributed by atoms with Gasteiger partial charge in [0, 0.05) is 12.1 Å². The molecule has 0 aromatic heterocycles. The molecule has 0 aliphatic carbocycles. The number of hydrogen-bond donors (Lipinski definition) is 2. The molecule has 0 radical (unpaired) electrons. The molecule has 1 aliphatic heterocycles. The summed E-state index contributed by atoms with van der Waals surface area (Å²) >= 11 is 0. The van der Waals surface area contributed by atoms with E-state index in [-0.39, 0.29) is 24.4 Å². The molecule has 1 saturated heterocycles. The summed E-state index contributed by atoms with van der Waals surface area (Å²) in [5.41, 5.74) is 0.594. The molecule has 6 heteroatoms. The Labute approximate surface area is 144 Å². The minimum Gasteiger partial charge on any atom is -0.493 e. The van der Waals surface area contributed by atoms with Gasteiger partial charge in [-0.25, -0.2) is 0 Å². The lowest BCUT2D eigenvalue weighted by Crippen LogP contribution is -2.38. The third-order valence-electron chi connectivity index (χ3n) is 3.74. The van der Waals surface area contributed by atoms with Crippen LogP contribution in [-0.4, -0.2) is 38.8 Å². The van der Waals surface area contributed by atoms with E-state index in [1.54, 1.807) is 25.3 Å². The Balaban J connectivity index is 0.00000264. The summed E-state index contributed by atoms with van der Waals surface area (Å²) < 4.78 is 11.0. The van der Waals surface area contributed by atoms with Crippen molar-refractivity contribution in [2.24, 2.45) is 5.92 Å². The van der Waals surface area contributed by atoms with Gasteiger partial charge in [0.15, 0.2) is 11.5 Å². The summed E-state index contributed by atoms with van der Waals surface area (Å²) in [5.74, 6) is 1.69. The molecule has 2 rings (SSSR count). The predicted octanol–water partition coefficient (Wildman–Crippen LogP) is 2.63. The Kier molecular flexibility index (Phi) is 8.20. The molecule has 1 aromatic carbocycles. The maximum absolute atomic E-state index is 12.3. The van der Waals surface area contributed by atoms with E-state index in [0.717, 1.165) is 19.5 Å². The highest BCUT2D eigenvalue weighted by atomic mass is 35.5. The standard InChI is InChI=1S/C17H26N2O3.ClH/c1-12(2)22-15-7-6-14(9-16(15)21-3)17(20)19-11-13-5-4-8-18-10-13;/h6-7,9,12-13,18H,4-5,8,10-11H2,1-3H3,(H,19,20);1H. The first-order chi connectivity index (χ1) is 10.6. The van der Waals surface area contributed by atoms with Gasteiger partial charge in [0.05, 0.1) is 13.2 Å². The molecule has 1 fully saturated rings. The number of amides is 1. The van der Waals surface area contributed by atoms with Crippen molar-refractivity contribution < 1.29 is 14.3 Å². The Bertz CT molecular complexity index is 503. The lowest BCUT2D eigenvalue weighted by atomic mass is 9.99. The smallest absolute Gasteiger partial charge is 0.251 e. The van der Waals surface area contributed by atoms with Gasteiger partial charge in [0.1, 0.15) is 0 Å². The Morgan fingerprint density at radius 1 is 1.39 bits per heavy atom. The number of nitrogens with one attached hydrogen (secondary N) is 2. The maximum atomic E-state index is 12.3. The van der Waals surface area contributed by atoms with Gasteiger partial charge in [-0.2, -0.15) is 0 Å². The van der Waals surface area contributed by atoms with Gasteiger partial charge in [0.25, 0.3) is 5.91 Å². The fourth-order valence-electron chi connectivity index (χ4n) is 2.60. The summed E-state index contributed by atoms with van der Waals surface area (Å²) in [5, 5.41) is 6.36. The van der Waals surface area contributed by atoms with E-state index in [1.807, 2.05) is 13.8 Å². The lowest BCUT2D eigenvalue weighted by molar-refractivity contribution is 0.0944. The zero-order valence-corrected chi connectivity index (χ0v) is 14.9. The van der Waals surface area contributed by atoms with Gasteiger partial charge in [-0.3, -0.25) is 4.79 Å². The van der Waals surface area contributed by atoms with Crippen LogP contribution in [0, 0.1) is 5.92 Å². The number of methoxy groups -OCH3 is 1. The van der Waals surface area contributed by atoms with Crippen LogP contribution in [-0.2, 0) is 0 Å². The average Bonchev–Trinajstić information content (AvgIpc) is 2.53. The molecule has 130 valence electrons. The summed E-state index contributed by atoms with van der Waals surface area (Å²) in [6.07, 6.45) is 2.40. The quantitative estimate of drug-likeness (QED) is 0.834. The second kappa shape index (κ2) is 9.63.